The summed E-state index contributed by atoms with van der Waals surface area (Å²) in [6.45, 7) is 13.9. The molecular weight excluding hydrogens is 254 g/mol. The minimum absolute atomic E-state index is 0.214. The quantitative estimate of drug-likeness (QED) is 0.637. The third kappa shape index (κ3) is 5.77. The highest BCUT2D eigenvalue weighted by Crippen LogP contribution is 2.19. The zero-order valence-electron chi connectivity index (χ0n) is 14.2. The van der Waals surface area contributed by atoms with Gasteiger partial charge in [-0.25, -0.2) is 0 Å². The summed E-state index contributed by atoms with van der Waals surface area (Å²) < 4.78 is 5.23. The Hall–Kier alpha value is -0.650. The zero-order chi connectivity index (χ0) is 15.9. The molecule has 0 spiro atoms. The second kappa shape index (κ2) is 8.60. The van der Waals surface area contributed by atoms with E-state index in [9.17, 15) is 4.79 Å². The number of carbonyl (C=O) groups is 1. The SMILES string of the molecule is CCN(C(C)COC)C(C)CC(C)(NC(C)C)C(N)=O. The van der Waals surface area contributed by atoms with Crippen LogP contribution in [0.3, 0.4) is 0 Å². The number of carbonyl (C=O) groups excluding carboxylic acids is 1. The van der Waals surface area contributed by atoms with Crippen molar-refractivity contribution in [3.63, 3.8) is 0 Å². The number of nitrogens with one attached hydrogen (secondary N) is 1. The highest BCUT2D eigenvalue weighted by molar-refractivity contribution is 5.84. The summed E-state index contributed by atoms with van der Waals surface area (Å²) >= 11 is 0. The molecule has 3 atom stereocenters. The number of hydrogen-bond acceptors (Lipinski definition) is 4. The highest BCUT2D eigenvalue weighted by atomic mass is 16.5. The number of nitrogens with zero attached hydrogens (tertiary/aromatic N) is 1. The van der Waals surface area contributed by atoms with Gasteiger partial charge in [0.05, 0.1) is 12.1 Å². The van der Waals surface area contributed by atoms with Crippen LogP contribution < -0.4 is 11.1 Å². The van der Waals surface area contributed by atoms with Gasteiger partial charge in [-0.05, 0) is 47.6 Å². The summed E-state index contributed by atoms with van der Waals surface area (Å²) in [4.78, 5) is 14.2. The Morgan fingerprint density at radius 1 is 1.30 bits per heavy atom. The van der Waals surface area contributed by atoms with E-state index in [4.69, 9.17) is 10.5 Å². The highest BCUT2D eigenvalue weighted by Gasteiger charge is 2.35. The summed E-state index contributed by atoms with van der Waals surface area (Å²) in [6.07, 6.45) is 0.683. The van der Waals surface area contributed by atoms with Gasteiger partial charge in [0.1, 0.15) is 0 Å². The Labute approximate surface area is 124 Å². The molecule has 1 amide bonds. The fourth-order valence-electron chi connectivity index (χ4n) is 2.97. The van der Waals surface area contributed by atoms with Crippen LogP contribution in [0, 0.1) is 0 Å². The van der Waals surface area contributed by atoms with Crippen molar-refractivity contribution in [2.75, 3.05) is 20.3 Å². The summed E-state index contributed by atoms with van der Waals surface area (Å²) in [5.74, 6) is -0.298. The second-order valence-corrected chi connectivity index (χ2v) is 6.18. The molecule has 0 heterocycles. The van der Waals surface area contributed by atoms with E-state index in [0.717, 1.165) is 6.54 Å². The molecule has 0 aliphatic carbocycles. The predicted molar refractivity (Wildman–Crippen MR) is 83.7 cm³/mol. The van der Waals surface area contributed by atoms with Crippen molar-refractivity contribution in [3.8, 4) is 0 Å². The van der Waals surface area contributed by atoms with E-state index in [0.29, 0.717) is 19.1 Å². The van der Waals surface area contributed by atoms with Gasteiger partial charge in [-0.15, -0.1) is 0 Å². The molecule has 20 heavy (non-hydrogen) atoms. The van der Waals surface area contributed by atoms with Gasteiger partial charge in [-0.2, -0.15) is 0 Å². The Morgan fingerprint density at radius 3 is 2.20 bits per heavy atom. The van der Waals surface area contributed by atoms with Crippen LogP contribution in [0.5, 0.6) is 0 Å². The second-order valence-electron chi connectivity index (χ2n) is 6.18. The first-order chi connectivity index (χ1) is 9.17. The number of rotatable bonds is 10. The molecule has 0 radical (unpaired) electrons. The minimum atomic E-state index is -0.687. The molecule has 0 saturated carbocycles. The van der Waals surface area contributed by atoms with Gasteiger partial charge in [0, 0.05) is 25.2 Å². The number of likely N-dealkylation sites (N-methyl/N-ethyl adjacent to an activating group) is 1. The Bertz CT molecular complexity index is 297. The molecule has 0 fully saturated rings. The van der Waals surface area contributed by atoms with E-state index >= 15 is 0 Å². The van der Waals surface area contributed by atoms with Crippen molar-refractivity contribution in [1.29, 1.82) is 0 Å². The van der Waals surface area contributed by atoms with Crippen molar-refractivity contribution >= 4 is 5.91 Å². The lowest BCUT2D eigenvalue weighted by molar-refractivity contribution is -0.125. The number of methoxy groups -OCH3 is 1. The number of amides is 1. The molecule has 3 unspecified atom stereocenters. The summed E-state index contributed by atoms with van der Waals surface area (Å²) in [6, 6.07) is 0.774. The van der Waals surface area contributed by atoms with Crippen LogP contribution in [0.15, 0.2) is 0 Å². The van der Waals surface area contributed by atoms with E-state index < -0.39 is 5.54 Å². The van der Waals surface area contributed by atoms with Crippen LogP contribution in [-0.4, -0.2) is 54.7 Å². The van der Waals surface area contributed by atoms with Gasteiger partial charge in [0.25, 0.3) is 0 Å². The normalized spacial score (nSPS) is 18.1. The first-order valence-corrected chi connectivity index (χ1v) is 7.50. The van der Waals surface area contributed by atoms with E-state index in [2.05, 4.69) is 31.0 Å². The van der Waals surface area contributed by atoms with Crippen LogP contribution in [0.25, 0.3) is 0 Å². The molecule has 120 valence electrons. The van der Waals surface area contributed by atoms with Gasteiger partial charge in [-0.1, -0.05) is 6.92 Å². The topological polar surface area (TPSA) is 67.6 Å². The molecule has 5 heteroatoms. The Kier molecular flexibility index (Phi) is 8.32. The van der Waals surface area contributed by atoms with Gasteiger partial charge >= 0.3 is 0 Å². The first kappa shape index (κ1) is 19.4. The molecule has 0 bridgehead atoms. The average molecular weight is 287 g/mol. The summed E-state index contributed by atoms with van der Waals surface area (Å²) in [7, 11) is 1.71. The summed E-state index contributed by atoms with van der Waals surface area (Å²) in [5, 5.41) is 3.30. The molecule has 0 saturated heterocycles. The van der Waals surface area contributed by atoms with E-state index in [1.165, 1.54) is 0 Å². The van der Waals surface area contributed by atoms with Crippen molar-refractivity contribution in [2.45, 2.75) is 71.6 Å². The van der Waals surface area contributed by atoms with Gasteiger partial charge < -0.3 is 15.8 Å². The average Bonchev–Trinajstić information content (AvgIpc) is 2.28. The van der Waals surface area contributed by atoms with Gasteiger partial charge in [0.2, 0.25) is 5.91 Å². The fourth-order valence-corrected chi connectivity index (χ4v) is 2.97. The van der Waals surface area contributed by atoms with Crippen molar-refractivity contribution in [3.05, 3.63) is 0 Å². The molecule has 3 N–H and O–H groups in total. The van der Waals surface area contributed by atoms with E-state index in [-0.39, 0.29) is 18.0 Å². The molecule has 5 nitrogen and oxygen atoms in total. The molecule has 0 aromatic heterocycles. The fraction of sp³-hybridized carbons (Fsp3) is 0.933. The lowest BCUT2D eigenvalue weighted by Crippen LogP contribution is -2.59. The van der Waals surface area contributed by atoms with Crippen LogP contribution in [0.2, 0.25) is 0 Å². The maximum atomic E-state index is 11.8. The molecular formula is C15H33N3O2. The number of hydrogen-bond donors (Lipinski definition) is 2. The van der Waals surface area contributed by atoms with Crippen LogP contribution in [0.4, 0.5) is 0 Å². The van der Waals surface area contributed by atoms with Gasteiger partial charge in [0.15, 0.2) is 0 Å². The van der Waals surface area contributed by atoms with Crippen molar-refractivity contribution < 1.29 is 9.53 Å². The molecule has 0 aliphatic heterocycles. The lowest BCUT2D eigenvalue weighted by Gasteiger charge is -2.39. The Morgan fingerprint density at radius 2 is 1.85 bits per heavy atom. The molecule has 0 rings (SSSR count). The van der Waals surface area contributed by atoms with Crippen LogP contribution in [0.1, 0.15) is 48.0 Å². The van der Waals surface area contributed by atoms with Crippen LogP contribution >= 0.6 is 0 Å². The zero-order valence-corrected chi connectivity index (χ0v) is 14.2. The standard InChI is InChI=1S/C15H33N3O2/c1-8-18(13(5)10-20-7)12(4)9-15(6,14(16)19)17-11(2)3/h11-13,17H,8-10H2,1-7H3,(H2,16,19). The third-order valence-electron chi connectivity index (χ3n) is 3.76. The number of nitrogens with two attached hydrogens (primary N) is 1. The maximum absolute atomic E-state index is 11.8. The van der Waals surface area contributed by atoms with Gasteiger partial charge in [-0.3, -0.25) is 9.69 Å². The van der Waals surface area contributed by atoms with E-state index in [1.807, 2.05) is 20.8 Å². The van der Waals surface area contributed by atoms with Crippen molar-refractivity contribution in [1.82, 2.24) is 10.2 Å². The molecule has 0 aromatic carbocycles. The number of ether oxygens (including phenoxy) is 1. The Balaban J connectivity index is 4.88. The number of primary amides is 1. The smallest absolute Gasteiger partial charge is 0.237 e. The van der Waals surface area contributed by atoms with E-state index in [1.54, 1.807) is 7.11 Å². The first-order valence-electron chi connectivity index (χ1n) is 7.50. The third-order valence-corrected chi connectivity index (χ3v) is 3.76. The lowest BCUT2D eigenvalue weighted by atomic mass is 9.90. The largest absolute Gasteiger partial charge is 0.383 e. The maximum Gasteiger partial charge on any atom is 0.237 e. The van der Waals surface area contributed by atoms with Crippen LogP contribution in [-0.2, 0) is 9.53 Å². The molecule has 0 aliphatic rings. The summed E-state index contributed by atoms with van der Waals surface area (Å²) in [5.41, 5.74) is 4.91. The molecule has 0 aromatic rings. The van der Waals surface area contributed by atoms with Crippen molar-refractivity contribution in [2.24, 2.45) is 5.73 Å². The predicted octanol–water partition coefficient (Wildman–Crippen LogP) is 1.36. The monoisotopic (exact) mass is 287 g/mol. The minimum Gasteiger partial charge on any atom is -0.383 e.